The summed E-state index contributed by atoms with van der Waals surface area (Å²) in [7, 11) is 0. The maximum atomic E-state index is 13.4. The summed E-state index contributed by atoms with van der Waals surface area (Å²) in [6.45, 7) is 1.86. The molecule has 0 saturated heterocycles. The van der Waals surface area contributed by atoms with Crippen molar-refractivity contribution in [3.8, 4) is 0 Å². The number of carbonyl (C=O) groups is 1. The van der Waals surface area contributed by atoms with Gasteiger partial charge in [-0.25, -0.2) is 4.39 Å². The Morgan fingerprint density at radius 3 is 2.50 bits per heavy atom. The average molecular weight is 357 g/mol. The summed E-state index contributed by atoms with van der Waals surface area (Å²) in [5.41, 5.74) is 1.21. The lowest BCUT2D eigenvalue weighted by molar-refractivity contribution is 0.0939. The van der Waals surface area contributed by atoms with Crippen LogP contribution >= 0.6 is 27.5 Å². The largest absolute Gasteiger partial charge is 0.346 e. The topological polar surface area (TPSA) is 29.1 Å². The second-order valence-corrected chi connectivity index (χ2v) is 5.67. The fraction of sp³-hybridized carbons (Fsp3) is 0.133. The zero-order chi connectivity index (χ0) is 14.7. The molecule has 104 valence electrons. The van der Waals surface area contributed by atoms with Crippen molar-refractivity contribution in [3.05, 3.63) is 68.9 Å². The Morgan fingerprint density at radius 2 is 1.90 bits per heavy atom. The first kappa shape index (κ1) is 15.0. The van der Waals surface area contributed by atoms with E-state index in [1.165, 1.54) is 12.1 Å². The molecule has 0 aliphatic carbocycles. The molecule has 1 unspecified atom stereocenters. The smallest absolute Gasteiger partial charge is 0.251 e. The molecular formula is C15H12BrClFNO. The minimum Gasteiger partial charge on any atom is -0.346 e. The quantitative estimate of drug-likeness (QED) is 0.846. The first-order valence-corrected chi connectivity index (χ1v) is 7.16. The van der Waals surface area contributed by atoms with Crippen LogP contribution in [0.5, 0.6) is 0 Å². The maximum absolute atomic E-state index is 13.4. The van der Waals surface area contributed by atoms with Gasteiger partial charge in [0, 0.05) is 10.6 Å². The second-order valence-electron chi connectivity index (χ2n) is 4.38. The van der Waals surface area contributed by atoms with Gasteiger partial charge in [0.15, 0.2) is 0 Å². The fourth-order valence-corrected chi connectivity index (χ4v) is 2.12. The molecule has 2 rings (SSSR count). The number of carbonyl (C=O) groups excluding carboxylic acids is 1. The molecule has 2 aromatic carbocycles. The predicted molar refractivity (Wildman–Crippen MR) is 81.4 cm³/mol. The van der Waals surface area contributed by atoms with Crippen LogP contribution in [0.2, 0.25) is 5.02 Å². The zero-order valence-corrected chi connectivity index (χ0v) is 13.0. The molecular weight excluding hydrogens is 345 g/mol. The van der Waals surface area contributed by atoms with Crippen molar-refractivity contribution in [1.29, 1.82) is 0 Å². The van der Waals surface area contributed by atoms with Crippen molar-refractivity contribution in [2.24, 2.45) is 0 Å². The third-order valence-corrected chi connectivity index (χ3v) is 3.79. The Hall–Kier alpha value is -1.39. The summed E-state index contributed by atoms with van der Waals surface area (Å²) in [6, 6.07) is 11.3. The molecule has 20 heavy (non-hydrogen) atoms. The monoisotopic (exact) mass is 355 g/mol. The number of amides is 1. The molecule has 5 heteroatoms. The van der Waals surface area contributed by atoms with Crippen LogP contribution in [0.25, 0.3) is 0 Å². The summed E-state index contributed by atoms with van der Waals surface area (Å²) in [4.78, 5) is 12.0. The molecule has 0 bridgehead atoms. The molecule has 1 N–H and O–H groups in total. The predicted octanol–water partition coefficient (Wildman–Crippen LogP) is 4.73. The van der Waals surface area contributed by atoms with E-state index in [4.69, 9.17) is 11.6 Å². The van der Waals surface area contributed by atoms with E-state index in [1.807, 2.05) is 19.1 Å². The Kier molecular flexibility index (Phi) is 4.78. The lowest BCUT2D eigenvalue weighted by Gasteiger charge is -2.14. The van der Waals surface area contributed by atoms with E-state index in [9.17, 15) is 9.18 Å². The molecule has 0 spiro atoms. The third-order valence-electron chi connectivity index (χ3n) is 2.90. The minimum absolute atomic E-state index is 0.188. The van der Waals surface area contributed by atoms with E-state index in [1.54, 1.807) is 18.2 Å². The van der Waals surface area contributed by atoms with Crippen molar-refractivity contribution < 1.29 is 9.18 Å². The SMILES string of the molecule is CC(NC(=O)c1ccc(Br)c(F)c1)c1ccc(Cl)cc1. The summed E-state index contributed by atoms with van der Waals surface area (Å²) in [5.74, 6) is -0.782. The van der Waals surface area contributed by atoms with Gasteiger partial charge in [-0.2, -0.15) is 0 Å². The summed E-state index contributed by atoms with van der Waals surface area (Å²) in [6.07, 6.45) is 0. The van der Waals surface area contributed by atoms with Crippen molar-refractivity contribution in [2.45, 2.75) is 13.0 Å². The summed E-state index contributed by atoms with van der Waals surface area (Å²) >= 11 is 8.87. The van der Waals surface area contributed by atoms with Gasteiger partial charge in [-0.1, -0.05) is 23.7 Å². The highest BCUT2D eigenvalue weighted by Crippen LogP contribution is 2.19. The lowest BCUT2D eigenvalue weighted by atomic mass is 10.1. The van der Waals surface area contributed by atoms with Crippen LogP contribution in [-0.2, 0) is 0 Å². The lowest BCUT2D eigenvalue weighted by Crippen LogP contribution is -2.26. The molecule has 1 amide bonds. The number of halogens is 3. The van der Waals surface area contributed by atoms with Crippen LogP contribution in [0, 0.1) is 5.82 Å². The number of hydrogen-bond donors (Lipinski definition) is 1. The Balaban J connectivity index is 2.10. The van der Waals surface area contributed by atoms with E-state index in [0.29, 0.717) is 9.50 Å². The fourth-order valence-electron chi connectivity index (χ4n) is 1.75. The van der Waals surface area contributed by atoms with Gasteiger partial charge in [0.05, 0.1) is 10.5 Å². The van der Waals surface area contributed by atoms with Crippen LogP contribution < -0.4 is 5.32 Å². The van der Waals surface area contributed by atoms with Gasteiger partial charge in [-0.05, 0) is 58.7 Å². The maximum Gasteiger partial charge on any atom is 0.251 e. The van der Waals surface area contributed by atoms with Gasteiger partial charge in [0.1, 0.15) is 5.82 Å². The normalized spacial score (nSPS) is 12.0. The molecule has 0 heterocycles. The van der Waals surface area contributed by atoms with Crippen LogP contribution in [-0.4, -0.2) is 5.91 Å². The highest BCUT2D eigenvalue weighted by molar-refractivity contribution is 9.10. The average Bonchev–Trinajstić information content (AvgIpc) is 2.42. The molecule has 0 radical (unpaired) electrons. The van der Waals surface area contributed by atoms with Gasteiger partial charge in [-0.3, -0.25) is 4.79 Å². The van der Waals surface area contributed by atoms with Crippen LogP contribution in [0.4, 0.5) is 4.39 Å². The summed E-state index contributed by atoms with van der Waals surface area (Å²) in [5, 5.41) is 3.46. The van der Waals surface area contributed by atoms with E-state index in [2.05, 4.69) is 21.2 Å². The van der Waals surface area contributed by atoms with E-state index < -0.39 is 5.82 Å². The highest BCUT2D eigenvalue weighted by Gasteiger charge is 2.12. The molecule has 2 nitrogen and oxygen atoms in total. The van der Waals surface area contributed by atoms with Crippen molar-refractivity contribution in [3.63, 3.8) is 0 Å². The second kappa shape index (κ2) is 6.37. The minimum atomic E-state index is -0.461. The van der Waals surface area contributed by atoms with Gasteiger partial charge >= 0.3 is 0 Å². The van der Waals surface area contributed by atoms with Crippen LogP contribution in [0.15, 0.2) is 46.9 Å². The number of benzene rings is 2. The standard InChI is InChI=1S/C15H12BrClFNO/c1-9(10-2-5-12(17)6-3-10)19-15(20)11-4-7-13(16)14(18)8-11/h2-9H,1H3,(H,19,20). The van der Waals surface area contributed by atoms with Crippen LogP contribution in [0.3, 0.4) is 0 Å². The van der Waals surface area contributed by atoms with Gasteiger partial charge in [0.2, 0.25) is 0 Å². The van der Waals surface area contributed by atoms with Gasteiger partial charge in [-0.15, -0.1) is 0 Å². The first-order chi connectivity index (χ1) is 9.47. The van der Waals surface area contributed by atoms with Crippen molar-refractivity contribution in [1.82, 2.24) is 5.32 Å². The molecule has 0 saturated carbocycles. The van der Waals surface area contributed by atoms with Gasteiger partial charge in [0.25, 0.3) is 5.91 Å². The van der Waals surface area contributed by atoms with E-state index >= 15 is 0 Å². The van der Waals surface area contributed by atoms with E-state index in [-0.39, 0.29) is 17.5 Å². The Bertz CT molecular complexity index is 630. The zero-order valence-electron chi connectivity index (χ0n) is 10.7. The van der Waals surface area contributed by atoms with Crippen molar-refractivity contribution in [2.75, 3.05) is 0 Å². The van der Waals surface area contributed by atoms with Crippen molar-refractivity contribution >= 4 is 33.4 Å². The molecule has 1 atom stereocenters. The molecule has 0 fully saturated rings. The van der Waals surface area contributed by atoms with Crippen LogP contribution in [0.1, 0.15) is 28.9 Å². The number of hydrogen-bond acceptors (Lipinski definition) is 1. The summed E-state index contributed by atoms with van der Waals surface area (Å²) < 4.78 is 13.7. The number of rotatable bonds is 3. The molecule has 0 aliphatic heterocycles. The number of nitrogens with one attached hydrogen (secondary N) is 1. The Labute approximate surface area is 130 Å². The first-order valence-electron chi connectivity index (χ1n) is 5.99. The highest BCUT2D eigenvalue weighted by atomic mass is 79.9. The van der Waals surface area contributed by atoms with E-state index in [0.717, 1.165) is 5.56 Å². The molecule has 0 aromatic heterocycles. The van der Waals surface area contributed by atoms with Gasteiger partial charge < -0.3 is 5.32 Å². The molecule has 0 aliphatic rings. The Morgan fingerprint density at radius 1 is 1.25 bits per heavy atom. The molecule has 2 aromatic rings. The third kappa shape index (κ3) is 3.58.